The van der Waals surface area contributed by atoms with Crippen LogP contribution in [-0.2, 0) is 10.0 Å². The molecule has 0 spiro atoms. The molecule has 2 N–H and O–H groups in total. The van der Waals surface area contributed by atoms with Crippen LogP contribution in [-0.4, -0.2) is 14.3 Å². The number of halogens is 1. The highest BCUT2D eigenvalue weighted by atomic mass is 79.9. The molecule has 0 aliphatic rings. The third kappa shape index (κ3) is 4.79. The van der Waals surface area contributed by atoms with E-state index in [0.29, 0.717) is 16.9 Å². The van der Waals surface area contributed by atoms with Crippen molar-refractivity contribution in [3.05, 3.63) is 87.9 Å². The molecule has 0 aliphatic heterocycles. The van der Waals surface area contributed by atoms with Gasteiger partial charge in [0, 0.05) is 21.4 Å². The van der Waals surface area contributed by atoms with E-state index in [2.05, 4.69) is 26.0 Å². The molecule has 3 rings (SSSR count). The van der Waals surface area contributed by atoms with Crippen molar-refractivity contribution in [2.75, 3.05) is 10.0 Å². The van der Waals surface area contributed by atoms with Crippen LogP contribution in [0.15, 0.2) is 76.1 Å². The van der Waals surface area contributed by atoms with Crippen LogP contribution < -0.4 is 10.0 Å². The minimum absolute atomic E-state index is 0.0671. The number of benzene rings is 3. The molecule has 0 fully saturated rings. The normalized spacial score (nSPS) is 11.1. The lowest BCUT2D eigenvalue weighted by Crippen LogP contribution is -2.17. The molecule has 28 heavy (non-hydrogen) atoms. The third-order valence-corrected chi connectivity index (χ3v) is 6.16. The molecular weight excluding hydrogens is 440 g/mol. The molecular formula is C21H19BrN2O3S. The van der Waals surface area contributed by atoms with Crippen LogP contribution in [0.5, 0.6) is 0 Å². The Hall–Kier alpha value is -2.64. The van der Waals surface area contributed by atoms with Gasteiger partial charge in [-0.2, -0.15) is 0 Å². The molecule has 0 aromatic heterocycles. The van der Waals surface area contributed by atoms with Crippen molar-refractivity contribution < 1.29 is 13.2 Å². The molecule has 0 aliphatic carbocycles. The zero-order valence-corrected chi connectivity index (χ0v) is 17.8. The number of nitrogens with one attached hydrogen (secondary N) is 2. The Morgan fingerprint density at radius 2 is 1.61 bits per heavy atom. The molecule has 7 heteroatoms. The maximum Gasteiger partial charge on any atom is 0.262 e. The number of hydrogen-bond acceptors (Lipinski definition) is 3. The maximum atomic E-state index is 12.9. The molecule has 0 unspecified atom stereocenters. The van der Waals surface area contributed by atoms with E-state index in [9.17, 15) is 13.2 Å². The smallest absolute Gasteiger partial charge is 0.262 e. The summed E-state index contributed by atoms with van der Waals surface area (Å²) in [6.07, 6.45) is 0. The Morgan fingerprint density at radius 3 is 2.29 bits per heavy atom. The SMILES string of the molecule is Cc1cccc(NS(=O)(=O)c2cc(C(=O)Nc3ccc(Br)cc3)ccc2C)c1. The van der Waals surface area contributed by atoms with Gasteiger partial charge in [-0.25, -0.2) is 8.42 Å². The van der Waals surface area contributed by atoms with E-state index in [1.54, 1.807) is 49.4 Å². The highest BCUT2D eigenvalue weighted by Crippen LogP contribution is 2.22. The van der Waals surface area contributed by atoms with Crippen molar-refractivity contribution >= 4 is 43.2 Å². The molecule has 0 saturated carbocycles. The van der Waals surface area contributed by atoms with Gasteiger partial charge >= 0.3 is 0 Å². The molecule has 0 bridgehead atoms. The number of carbonyl (C=O) groups excluding carboxylic acids is 1. The molecule has 0 saturated heterocycles. The van der Waals surface area contributed by atoms with Crippen molar-refractivity contribution in [2.24, 2.45) is 0 Å². The first-order valence-electron chi connectivity index (χ1n) is 8.52. The summed E-state index contributed by atoms with van der Waals surface area (Å²) in [7, 11) is -3.83. The van der Waals surface area contributed by atoms with Crippen LogP contribution in [0.3, 0.4) is 0 Å². The summed E-state index contributed by atoms with van der Waals surface area (Å²) in [6, 6.07) is 18.9. The minimum atomic E-state index is -3.83. The van der Waals surface area contributed by atoms with Gasteiger partial charge in [0.1, 0.15) is 0 Å². The molecule has 144 valence electrons. The molecule has 0 heterocycles. The molecule has 3 aromatic carbocycles. The second-order valence-electron chi connectivity index (χ2n) is 6.42. The topological polar surface area (TPSA) is 75.3 Å². The average molecular weight is 459 g/mol. The minimum Gasteiger partial charge on any atom is -0.322 e. The van der Waals surface area contributed by atoms with Crippen molar-refractivity contribution in [3.63, 3.8) is 0 Å². The quantitative estimate of drug-likeness (QED) is 0.556. The van der Waals surface area contributed by atoms with Gasteiger partial charge in [-0.1, -0.05) is 34.1 Å². The summed E-state index contributed by atoms with van der Waals surface area (Å²) in [5, 5.41) is 2.77. The second-order valence-corrected chi connectivity index (χ2v) is 8.98. The van der Waals surface area contributed by atoms with Gasteiger partial charge in [-0.15, -0.1) is 0 Å². The lowest BCUT2D eigenvalue weighted by atomic mass is 10.1. The number of hydrogen-bond donors (Lipinski definition) is 2. The lowest BCUT2D eigenvalue weighted by Gasteiger charge is -2.13. The van der Waals surface area contributed by atoms with E-state index >= 15 is 0 Å². The fraction of sp³-hybridized carbons (Fsp3) is 0.0952. The van der Waals surface area contributed by atoms with E-state index in [0.717, 1.165) is 10.0 Å². The van der Waals surface area contributed by atoms with Crippen molar-refractivity contribution in [3.8, 4) is 0 Å². The molecule has 0 radical (unpaired) electrons. The summed E-state index contributed by atoms with van der Waals surface area (Å²) >= 11 is 3.34. The summed E-state index contributed by atoms with van der Waals surface area (Å²) < 4.78 is 29.2. The fourth-order valence-electron chi connectivity index (χ4n) is 2.69. The summed E-state index contributed by atoms with van der Waals surface area (Å²) in [4.78, 5) is 12.6. The Balaban J connectivity index is 1.87. The van der Waals surface area contributed by atoms with Crippen LogP contribution in [0.1, 0.15) is 21.5 Å². The fourth-order valence-corrected chi connectivity index (χ4v) is 4.27. The Morgan fingerprint density at radius 1 is 0.893 bits per heavy atom. The van der Waals surface area contributed by atoms with Crippen LogP contribution in [0.25, 0.3) is 0 Å². The second kappa shape index (κ2) is 8.16. The van der Waals surface area contributed by atoms with Gasteiger partial charge in [0.05, 0.1) is 4.90 Å². The van der Waals surface area contributed by atoms with Gasteiger partial charge in [-0.3, -0.25) is 9.52 Å². The zero-order chi connectivity index (χ0) is 20.3. The van der Waals surface area contributed by atoms with Gasteiger partial charge in [0.25, 0.3) is 15.9 Å². The van der Waals surface area contributed by atoms with Crippen LogP contribution in [0, 0.1) is 13.8 Å². The van der Waals surface area contributed by atoms with Crippen molar-refractivity contribution in [1.29, 1.82) is 0 Å². The number of anilines is 2. The highest BCUT2D eigenvalue weighted by Gasteiger charge is 2.19. The highest BCUT2D eigenvalue weighted by molar-refractivity contribution is 9.10. The van der Waals surface area contributed by atoms with Crippen LogP contribution >= 0.6 is 15.9 Å². The maximum absolute atomic E-state index is 12.9. The first kappa shape index (κ1) is 20.1. The van der Waals surface area contributed by atoms with E-state index in [4.69, 9.17) is 0 Å². The average Bonchev–Trinajstić information content (AvgIpc) is 2.63. The van der Waals surface area contributed by atoms with E-state index in [1.807, 2.05) is 25.1 Å². The summed E-state index contributed by atoms with van der Waals surface area (Å²) in [5.41, 5.74) is 2.86. The predicted octanol–water partition coefficient (Wildman–Crippen LogP) is 5.12. The first-order valence-corrected chi connectivity index (χ1v) is 10.8. The number of rotatable bonds is 5. The monoisotopic (exact) mass is 458 g/mol. The van der Waals surface area contributed by atoms with Gasteiger partial charge < -0.3 is 5.32 Å². The van der Waals surface area contributed by atoms with Crippen molar-refractivity contribution in [1.82, 2.24) is 0 Å². The lowest BCUT2D eigenvalue weighted by molar-refractivity contribution is 0.102. The Kier molecular flexibility index (Phi) is 5.86. The number of sulfonamides is 1. The molecule has 1 amide bonds. The predicted molar refractivity (Wildman–Crippen MR) is 115 cm³/mol. The Labute approximate surface area is 173 Å². The summed E-state index contributed by atoms with van der Waals surface area (Å²) in [6.45, 7) is 3.58. The number of aryl methyl sites for hydroxylation is 2. The first-order chi connectivity index (χ1) is 13.2. The van der Waals surface area contributed by atoms with Gasteiger partial charge in [0.15, 0.2) is 0 Å². The summed E-state index contributed by atoms with van der Waals surface area (Å²) in [5.74, 6) is -0.380. The third-order valence-electron chi connectivity index (χ3n) is 4.11. The van der Waals surface area contributed by atoms with E-state index < -0.39 is 10.0 Å². The van der Waals surface area contributed by atoms with E-state index in [-0.39, 0.29) is 16.4 Å². The van der Waals surface area contributed by atoms with Gasteiger partial charge in [-0.05, 0) is 73.5 Å². The van der Waals surface area contributed by atoms with Crippen LogP contribution in [0.2, 0.25) is 0 Å². The molecule has 5 nitrogen and oxygen atoms in total. The standard InChI is InChI=1S/C21H19BrN2O3S/c1-14-4-3-5-19(12-14)24-28(26,27)20-13-16(7-6-15(20)2)21(25)23-18-10-8-17(22)9-11-18/h3-13,24H,1-2H3,(H,23,25). The Bertz CT molecular complexity index is 1130. The van der Waals surface area contributed by atoms with Crippen molar-refractivity contribution in [2.45, 2.75) is 18.7 Å². The number of amides is 1. The number of carbonyl (C=O) groups is 1. The van der Waals surface area contributed by atoms with Gasteiger partial charge in [0.2, 0.25) is 0 Å². The molecule has 3 aromatic rings. The molecule has 0 atom stereocenters. The zero-order valence-electron chi connectivity index (χ0n) is 15.4. The van der Waals surface area contributed by atoms with Crippen LogP contribution in [0.4, 0.5) is 11.4 Å². The largest absolute Gasteiger partial charge is 0.322 e. The van der Waals surface area contributed by atoms with E-state index in [1.165, 1.54) is 6.07 Å².